The number of amides is 3. The van der Waals surface area contributed by atoms with Gasteiger partial charge in [0.1, 0.15) is 40.7 Å². The third-order valence-electron chi connectivity index (χ3n) is 10.5. The molecule has 3 aliphatic heterocycles. The molecule has 0 aromatic heterocycles. The van der Waals surface area contributed by atoms with Crippen LogP contribution in [0, 0.1) is 5.92 Å². The van der Waals surface area contributed by atoms with Crippen molar-refractivity contribution in [1.82, 2.24) is 10.2 Å². The quantitative estimate of drug-likeness (QED) is 0.169. The van der Waals surface area contributed by atoms with Gasteiger partial charge < -0.3 is 38.6 Å². The predicted octanol–water partition coefficient (Wildman–Crippen LogP) is 5.69. The first-order chi connectivity index (χ1) is 25.4. The van der Waals surface area contributed by atoms with Crippen molar-refractivity contribution < 1.29 is 48.0 Å². The zero-order valence-corrected chi connectivity index (χ0v) is 35.1. The van der Waals surface area contributed by atoms with E-state index in [0.29, 0.717) is 24.3 Å². The van der Waals surface area contributed by atoms with Crippen LogP contribution in [0.25, 0.3) is 0 Å². The van der Waals surface area contributed by atoms with Gasteiger partial charge in [-0.1, -0.05) is 70.8 Å². The number of hydrogen-bond acceptors (Lipinski definition) is 12. The number of allylic oxidation sites excluding steroid dienone is 3. The SMILES string of the molecule is COc1cc2cc(c1Cl)N(C)C(=O)CC(OC(=O)C(C)N(C)C(=O)CCC(C)SSC)C1(C)OC1C(C)C1CC(O)(NC(=O)O1)C(OC)/C=C\C=C(\C)C2. The summed E-state index contributed by atoms with van der Waals surface area (Å²) in [5, 5.41) is 14.8. The van der Waals surface area contributed by atoms with E-state index in [2.05, 4.69) is 5.32 Å². The predicted molar refractivity (Wildman–Crippen MR) is 211 cm³/mol. The lowest BCUT2D eigenvalue weighted by molar-refractivity contribution is -0.162. The largest absolute Gasteiger partial charge is 0.495 e. The molecule has 4 bridgehead atoms. The van der Waals surface area contributed by atoms with Crippen LogP contribution in [0.5, 0.6) is 5.75 Å². The van der Waals surface area contributed by atoms with Gasteiger partial charge in [0.05, 0.1) is 25.3 Å². The molecule has 4 rings (SSSR count). The fourth-order valence-electron chi connectivity index (χ4n) is 6.93. The lowest BCUT2D eigenvalue weighted by atomic mass is 9.83. The standard InChI is InChI=1S/C38H54ClN3O10S2/c1-21-12-11-13-29(49-9)38(47)20-28(50-36(46)40-38)23(3)34-37(5,52-34)30(51-35(45)24(4)41(6)31(43)15-14-22(2)54-53-10)19-32(44)42(7)26-17-25(16-21)18-27(48-8)33(26)39/h11-13,17-18,22-24,28-30,34,47H,14-16,19-20H2,1-10H3,(H,40,46)/b13-11-,21-12-. The number of alkyl carbamates (subject to hydrolysis) is 1. The minimum Gasteiger partial charge on any atom is -0.495 e. The highest BCUT2D eigenvalue weighted by atomic mass is 35.5. The first kappa shape index (κ1) is 43.8. The summed E-state index contributed by atoms with van der Waals surface area (Å²) in [5.74, 6) is -1.48. The Kier molecular flexibility index (Phi) is 14.9. The van der Waals surface area contributed by atoms with Gasteiger partial charge in [-0.05, 0) is 57.6 Å². The molecule has 9 atom stereocenters. The van der Waals surface area contributed by atoms with Gasteiger partial charge in [-0.15, -0.1) is 0 Å². The van der Waals surface area contributed by atoms with E-state index >= 15 is 0 Å². The van der Waals surface area contributed by atoms with Gasteiger partial charge in [-0.25, -0.2) is 9.59 Å². The van der Waals surface area contributed by atoms with Crippen LogP contribution in [0.15, 0.2) is 35.9 Å². The Bertz CT molecular complexity index is 1630. The Balaban J connectivity index is 1.72. The van der Waals surface area contributed by atoms with Crippen molar-refractivity contribution in [3.8, 4) is 5.75 Å². The Morgan fingerprint density at radius 1 is 1.24 bits per heavy atom. The van der Waals surface area contributed by atoms with Crippen LogP contribution in [0.2, 0.25) is 5.02 Å². The van der Waals surface area contributed by atoms with Crippen LogP contribution >= 0.6 is 33.2 Å². The van der Waals surface area contributed by atoms with Crippen LogP contribution in [-0.2, 0) is 39.8 Å². The number of likely N-dealkylation sites (N-methyl/N-ethyl adjacent to an activating group) is 1. The van der Waals surface area contributed by atoms with Gasteiger partial charge in [0.15, 0.2) is 5.72 Å². The summed E-state index contributed by atoms with van der Waals surface area (Å²) in [7, 11) is 9.38. The molecule has 13 nitrogen and oxygen atoms in total. The normalized spacial score (nSPS) is 31.4. The number of methoxy groups -OCH3 is 2. The molecule has 3 heterocycles. The van der Waals surface area contributed by atoms with E-state index in [1.165, 1.54) is 24.0 Å². The second-order valence-electron chi connectivity index (χ2n) is 14.5. The maximum absolute atomic E-state index is 14.2. The Morgan fingerprint density at radius 3 is 2.59 bits per heavy atom. The molecule has 1 aromatic rings. The van der Waals surface area contributed by atoms with Crippen LogP contribution in [-0.4, -0.2) is 115 Å². The minimum absolute atomic E-state index is 0.0460. The molecule has 2 N–H and O–H groups in total. The molecule has 0 saturated carbocycles. The van der Waals surface area contributed by atoms with Crippen molar-refractivity contribution in [1.29, 1.82) is 0 Å². The van der Waals surface area contributed by atoms with Crippen molar-refractivity contribution in [3.63, 3.8) is 0 Å². The minimum atomic E-state index is -1.82. The maximum Gasteiger partial charge on any atom is 0.409 e. The molecule has 9 unspecified atom stereocenters. The van der Waals surface area contributed by atoms with E-state index in [4.69, 9.17) is 35.3 Å². The summed E-state index contributed by atoms with van der Waals surface area (Å²) in [6.07, 6.45) is 3.89. The molecular weight excluding hydrogens is 758 g/mol. The molecule has 2 fully saturated rings. The number of carbonyl (C=O) groups excluding carboxylic acids is 4. The number of rotatable bonds is 10. The molecule has 0 radical (unpaired) electrons. The zero-order valence-electron chi connectivity index (χ0n) is 32.7. The second kappa shape index (κ2) is 18.3. The summed E-state index contributed by atoms with van der Waals surface area (Å²) >= 11 is 6.77. The van der Waals surface area contributed by atoms with E-state index in [1.54, 1.807) is 73.8 Å². The van der Waals surface area contributed by atoms with Crippen molar-refractivity contribution in [3.05, 3.63) is 46.5 Å². The van der Waals surface area contributed by atoms with Crippen LogP contribution in [0.1, 0.15) is 65.9 Å². The highest BCUT2D eigenvalue weighted by molar-refractivity contribution is 8.76. The third-order valence-corrected chi connectivity index (χ3v) is 13.2. The summed E-state index contributed by atoms with van der Waals surface area (Å²) in [5.41, 5.74) is -0.890. The molecule has 16 heteroatoms. The molecule has 3 aliphatic rings. The summed E-state index contributed by atoms with van der Waals surface area (Å²) in [6.45, 7) is 9.09. The topological polar surface area (TPSA) is 156 Å². The van der Waals surface area contributed by atoms with Crippen LogP contribution in [0.4, 0.5) is 10.5 Å². The lowest BCUT2D eigenvalue weighted by Crippen LogP contribution is -2.63. The number of aliphatic hydroxyl groups is 1. The van der Waals surface area contributed by atoms with Crippen LogP contribution < -0.4 is 15.0 Å². The molecule has 0 spiro atoms. The summed E-state index contributed by atoms with van der Waals surface area (Å²) in [4.78, 5) is 56.7. The van der Waals surface area contributed by atoms with E-state index in [1.807, 2.05) is 33.1 Å². The number of carbonyl (C=O) groups is 4. The number of ether oxygens (including phenoxy) is 5. The van der Waals surface area contributed by atoms with Crippen molar-refractivity contribution in [2.45, 2.75) is 114 Å². The Hall–Kier alpha value is -2.95. The van der Waals surface area contributed by atoms with E-state index in [-0.39, 0.29) is 35.4 Å². The fourth-order valence-corrected chi connectivity index (χ4v) is 9.06. The third kappa shape index (κ3) is 10.1. The molecule has 54 heavy (non-hydrogen) atoms. The molecule has 2 saturated heterocycles. The first-order valence-corrected chi connectivity index (χ1v) is 20.9. The van der Waals surface area contributed by atoms with Gasteiger partial charge in [-0.3, -0.25) is 14.9 Å². The number of nitrogens with one attached hydrogen (secondary N) is 1. The number of nitrogens with zero attached hydrogens (tertiary/aromatic N) is 2. The summed E-state index contributed by atoms with van der Waals surface area (Å²) in [6, 6.07) is 2.63. The van der Waals surface area contributed by atoms with Crippen molar-refractivity contribution in [2.75, 3.05) is 39.5 Å². The highest BCUT2D eigenvalue weighted by Crippen LogP contribution is 2.49. The molecule has 1 aromatic carbocycles. The highest BCUT2D eigenvalue weighted by Gasteiger charge is 2.64. The average molecular weight is 812 g/mol. The number of esters is 1. The average Bonchev–Trinajstić information content (AvgIpc) is 3.82. The number of benzene rings is 1. The van der Waals surface area contributed by atoms with Crippen molar-refractivity contribution in [2.24, 2.45) is 5.92 Å². The first-order valence-electron chi connectivity index (χ1n) is 17.9. The maximum atomic E-state index is 14.2. The Morgan fingerprint density at radius 2 is 1.94 bits per heavy atom. The number of halogens is 1. The zero-order chi connectivity index (χ0) is 40.1. The fraction of sp³-hybridized carbons (Fsp3) is 0.632. The van der Waals surface area contributed by atoms with E-state index in [0.717, 1.165) is 11.1 Å². The molecule has 300 valence electrons. The number of hydrogen-bond donors (Lipinski definition) is 2. The van der Waals surface area contributed by atoms with E-state index < -0.39 is 65.7 Å². The molecule has 3 amide bonds. The smallest absolute Gasteiger partial charge is 0.409 e. The summed E-state index contributed by atoms with van der Waals surface area (Å²) < 4.78 is 29.3. The van der Waals surface area contributed by atoms with E-state index in [9.17, 15) is 24.3 Å². The van der Waals surface area contributed by atoms with Crippen molar-refractivity contribution >= 4 is 62.8 Å². The Labute approximate surface area is 331 Å². The molecular formula is C38H54ClN3O10S2. The number of anilines is 1. The van der Waals surface area contributed by atoms with Gasteiger partial charge in [-0.2, -0.15) is 0 Å². The second-order valence-corrected chi connectivity index (χ2v) is 17.8. The molecule has 0 aliphatic carbocycles. The monoisotopic (exact) mass is 811 g/mol. The lowest BCUT2D eigenvalue weighted by Gasteiger charge is -2.42. The van der Waals surface area contributed by atoms with Gasteiger partial charge in [0, 0.05) is 45.2 Å². The van der Waals surface area contributed by atoms with Gasteiger partial charge >= 0.3 is 12.1 Å². The number of epoxide rings is 1. The van der Waals surface area contributed by atoms with Crippen LogP contribution in [0.3, 0.4) is 0 Å². The van der Waals surface area contributed by atoms with Gasteiger partial charge in [0.25, 0.3) is 0 Å². The van der Waals surface area contributed by atoms with Gasteiger partial charge in [0.2, 0.25) is 11.8 Å². The number of fused-ring (bicyclic) bond motifs is 5.